The summed E-state index contributed by atoms with van der Waals surface area (Å²) in [7, 11) is 0. The molecule has 2 aliphatic rings. The number of benzene rings is 2. The van der Waals surface area contributed by atoms with Crippen molar-refractivity contribution in [1.29, 1.82) is 0 Å². The third kappa shape index (κ3) is 6.16. The molecule has 11 heteroatoms. The number of aliphatic hydroxyl groups excluding tert-OH is 1. The molecule has 0 spiro atoms. The van der Waals surface area contributed by atoms with Gasteiger partial charge in [-0.15, -0.1) is 0 Å². The number of aromatic nitrogens is 3. The average Bonchev–Trinajstić information content (AvgIpc) is 3.46. The van der Waals surface area contributed by atoms with Crippen LogP contribution in [0.3, 0.4) is 0 Å². The van der Waals surface area contributed by atoms with Gasteiger partial charge in [-0.2, -0.15) is 0 Å². The van der Waals surface area contributed by atoms with Crippen molar-refractivity contribution in [3.8, 4) is 28.3 Å². The van der Waals surface area contributed by atoms with Crippen molar-refractivity contribution in [3.63, 3.8) is 0 Å². The topological polar surface area (TPSA) is 152 Å². The highest BCUT2D eigenvalue weighted by atomic mass is 16.5. The van der Waals surface area contributed by atoms with Crippen molar-refractivity contribution in [3.05, 3.63) is 95.3 Å². The van der Waals surface area contributed by atoms with Gasteiger partial charge in [0.1, 0.15) is 18.0 Å². The lowest BCUT2D eigenvalue weighted by Crippen LogP contribution is -2.45. The Kier molecular flexibility index (Phi) is 8.22. The van der Waals surface area contributed by atoms with E-state index in [9.17, 15) is 24.9 Å². The standard InChI is InChI=1S/C38H39N5O6/c1-37(2,47)24-8-9-27-33(19-24)49-18-17-43(36(27)46)32-6-4-5-25(29(32)22-44)26-11-14-39-34-28(26)20-31(41-34)30-10-7-23(21-40-30)35(45)42-15-12-38(3,48)13-16-42/h4-11,14,19-21,44,47-48H,12-13,15-18,22H2,1-3H3,(H,39,41). The molecule has 2 amide bonds. The highest BCUT2D eigenvalue weighted by Gasteiger charge is 2.31. The van der Waals surface area contributed by atoms with Crippen LogP contribution >= 0.6 is 0 Å². The fourth-order valence-corrected chi connectivity index (χ4v) is 6.62. The zero-order valence-corrected chi connectivity index (χ0v) is 27.7. The molecule has 0 aliphatic carbocycles. The molecular formula is C38H39N5O6. The molecular weight excluding hydrogens is 622 g/mol. The summed E-state index contributed by atoms with van der Waals surface area (Å²) in [5.41, 5.74) is 4.40. The molecule has 0 bridgehead atoms. The lowest BCUT2D eigenvalue weighted by Gasteiger charge is -2.35. The van der Waals surface area contributed by atoms with Crippen molar-refractivity contribution in [2.75, 3.05) is 31.1 Å². The normalized spacial score (nSPS) is 16.3. The summed E-state index contributed by atoms with van der Waals surface area (Å²) in [6.07, 6.45) is 4.34. The summed E-state index contributed by atoms with van der Waals surface area (Å²) in [4.78, 5) is 42.8. The SMILES string of the molecule is CC1(O)CCN(C(=O)c2ccc(-c3cc4c(-c5cccc(N6CCOc7cc(C(C)(C)O)ccc7C6=O)c5CO)ccnc4[nH]3)nc2)CC1. The third-order valence-electron chi connectivity index (χ3n) is 9.57. The average molecular weight is 662 g/mol. The number of hydrogen-bond donors (Lipinski definition) is 4. The first-order valence-electron chi connectivity index (χ1n) is 16.4. The number of H-pyrrole nitrogens is 1. The van der Waals surface area contributed by atoms with Crippen LogP contribution < -0.4 is 9.64 Å². The van der Waals surface area contributed by atoms with Gasteiger partial charge in [0.25, 0.3) is 11.8 Å². The molecule has 11 nitrogen and oxygen atoms in total. The Hall–Kier alpha value is -5.10. The van der Waals surface area contributed by atoms with E-state index in [4.69, 9.17) is 4.74 Å². The number of piperidine rings is 1. The van der Waals surface area contributed by atoms with Crippen LogP contribution in [0.5, 0.6) is 5.75 Å². The number of nitrogens with zero attached hydrogens (tertiary/aromatic N) is 4. The molecule has 7 rings (SSSR count). The zero-order chi connectivity index (χ0) is 34.5. The second-order valence-electron chi connectivity index (χ2n) is 13.6. The molecule has 0 radical (unpaired) electrons. The first kappa shape index (κ1) is 32.4. The molecule has 2 aromatic carbocycles. The second kappa shape index (κ2) is 12.4. The summed E-state index contributed by atoms with van der Waals surface area (Å²) in [5, 5.41) is 32.3. The van der Waals surface area contributed by atoms with E-state index in [1.165, 1.54) is 0 Å². The molecule has 1 fully saturated rings. The first-order valence-corrected chi connectivity index (χ1v) is 16.4. The maximum absolute atomic E-state index is 13.9. The Bertz CT molecular complexity index is 2050. The van der Waals surface area contributed by atoms with Crippen LogP contribution in [0.25, 0.3) is 33.5 Å². The predicted molar refractivity (Wildman–Crippen MR) is 185 cm³/mol. The van der Waals surface area contributed by atoms with Crippen LogP contribution in [0, 0.1) is 0 Å². The molecule has 4 N–H and O–H groups in total. The fraction of sp³-hybridized carbons (Fsp3) is 0.316. The van der Waals surface area contributed by atoms with E-state index in [0.717, 1.165) is 16.5 Å². The van der Waals surface area contributed by atoms with Crippen LogP contribution in [-0.4, -0.2) is 78.8 Å². The highest BCUT2D eigenvalue weighted by molar-refractivity contribution is 6.09. The molecule has 0 unspecified atom stereocenters. The highest BCUT2D eigenvalue weighted by Crippen LogP contribution is 2.38. The number of pyridine rings is 2. The number of aliphatic hydroxyl groups is 3. The lowest BCUT2D eigenvalue weighted by molar-refractivity contribution is -0.00205. The van der Waals surface area contributed by atoms with Crippen LogP contribution in [0.4, 0.5) is 5.69 Å². The molecule has 3 aromatic heterocycles. The van der Waals surface area contributed by atoms with Gasteiger partial charge < -0.3 is 34.8 Å². The Morgan fingerprint density at radius 1 is 1.00 bits per heavy atom. The summed E-state index contributed by atoms with van der Waals surface area (Å²) in [6.45, 7) is 6.35. The number of aromatic amines is 1. The number of nitrogens with one attached hydrogen (secondary N) is 1. The molecule has 5 heterocycles. The van der Waals surface area contributed by atoms with Crippen molar-refractivity contribution in [1.82, 2.24) is 19.9 Å². The van der Waals surface area contributed by atoms with Crippen LogP contribution in [0.15, 0.2) is 73.1 Å². The van der Waals surface area contributed by atoms with Gasteiger partial charge in [-0.3, -0.25) is 14.6 Å². The fourth-order valence-electron chi connectivity index (χ4n) is 6.62. The third-order valence-corrected chi connectivity index (χ3v) is 9.57. The number of hydrogen-bond acceptors (Lipinski definition) is 8. The molecule has 0 atom stereocenters. The van der Waals surface area contributed by atoms with E-state index in [0.29, 0.717) is 76.7 Å². The van der Waals surface area contributed by atoms with E-state index in [-0.39, 0.29) is 31.6 Å². The Morgan fingerprint density at radius 3 is 2.51 bits per heavy atom. The van der Waals surface area contributed by atoms with Gasteiger partial charge in [0.2, 0.25) is 0 Å². The van der Waals surface area contributed by atoms with Gasteiger partial charge in [-0.25, -0.2) is 4.98 Å². The maximum Gasteiger partial charge on any atom is 0.262 e. The summed E-state index contributed by atoms with van der Waals surface area (Å²) >= 11 is 0. The zero-order valence-electron chi connectivity index (χ0n) is 27.7. The molecule has 252 valence electrons. The van der Waals surface area contributed by atoms with Crippen molar-refractivity contribution in [2.24, 2.45) is 0 Å². The predicted octanol–water partition coefficient (Wildman–Crippen LogP) is 5.04. The number of fused-ring (bicyclic) bond motifs is 2. The molecule has 49 heavy (non-hydrogen) atoms. The van der Waals surface area contributed by atoms with Crippen LogP contribution in [0.2, 0.25) is 0 Å². The Labute approximate surface area is 283 Å². The number of likely N-dealkylation sites (tertiary alicyclic amines) is 1. The van der Waals surface area contributed by atoms with E-state index in [1.54, 1.807) is 73.3 Å². The first-order chi connectivity index (χ1) is 23.4. The molecule has 0 saturated carbocycles. The number of rotatable bonds is 6. The lowest BCUT2D eigenvalue weighted by atomic mass is 9.93. The van der Waals surface area contributed by atoms with E-state index in [2.05, 4.69) is 15.0 Å². The molecule has 1 saturated heterocycles. The number of carbonyl (C=O) groups excluding carboxylic acids is 2. The van der Waals surface area contributed by atoms with Gasteiger partial charge in [-0.05, 0) is 92.8 Å². The van der Waals surface area contributed by atoms with Crippen LogP contribution in [0.1, 0.15) is 65.5 Å². The Morgan fingerprint density at radius 2 is 1.80 bits per heavy atom. The van der Waals surface area contributed by atoms with E-state index in [1.807, 2.05) is 30.3 Å². The van der Waals surface area contributed by atoms with E-state index >= 15 is 0 Å². The van der Waals surface area contributed by atoms with Crippen molar-refractivity contribution >= 4 is 28.5 Å². The quantitative estimate of drug-likeness (QED) is 0.198. The minimum absolute atomic E-state index is 0.108. The summed E-state index contributed by atoms with van der Waals surface area (Å²) < 4.78 is 5.97. The molecule has 5 aromatic rings. The number of amides is 2. The maximum atomic E-state index is 13.9. The minimum Gasteiger partial charge on any atom is -0.491 e. The monoisotopic (exact) mass is 661 g/mol. The van der Waals surface area contributed by atoms with Gasteiger partial charge in [-0.1, -0.05) is 18.2 Å². The second-order valence-corrected chi connectivity index (χ2v) is 13.6. The van der Waals surface area contributed by atoms with Crippen LogP contribution in [-0.2, 0) is 12.2 Å². The number of carbonyl (C=O) groups is 2. The minimum atomic E-state index is -1.09. The number of ether oxygens (including phenoxy) is 1. The summed E-state index contributed by atoms with van der Waals surface area (Å²) in [5.74, 6) is 0.0465. The molecule has 2 aliphatic heterocycles. The van der Waals surface area contributed by atoms with Crippen molar-refractivity contribution in [2.45, 2.75) is 51.4 Å². The smallest absolute Gasteiger partial charge is 0.262 e. The van der Waals surface area contributed by atoms with Gasteiger partial charge in [0, 0.05) is 36.4 Å². The van der Waals surface area contributed by atoms with E-state index < -0.39 is 11.2 Å². The number of anilines is 1. The van der Waals surface area contributed by atoms with Gasteiger partial charge in [0.15, 0.2) is 0 Å². The van der Waals surface area contributed by atoms with Gasteiger partial charge in [0.05, 0.1) is 52.6 Å². The summed E-state index contributed by atoms with van der Waals surface area (Å²) in [6, 6.07) is 18.1. The largest absolute Gasteiger partial charge is 0.491 e. The Balaban J connectivity index is 1.19. The van der Waals surface area contributed by atoms with Gasteiger partial charge >= 0.3 is 0 Å². The van der Waals surface area contributed by atoms with Crippen molar-refractivity contribution < 1.29 is 29.6 Å².